The molecule has 0 saturated carbocycles. The molecule has 0 aliphatic carbocycles. The van der Waals surface area contributed by atoms with Crippen LogP contribution in [0, 0.1) is 0 Å². The first kappa shape index (κ1) is 21.3. The van der Waals surface area contributed by atoms with Crippen molar-refractivity contribution in [3.63, 3.8) is 0 Å². The van der Waals surface area contributed by atoms with Crippen LogP contribution in [0.4, 0.5) is 5.69 Å². The molecule has 0 saturated heterocycles. The Morgan fingerprint density at radius 1 is 0.931 bits per heavy atom. The minimum Gasteiger partial charge on any atom is -0.483 e. The van der Waals surface area contributed by atoms with Gasteiger partial charge in [-0.15, -0.1) is 0 Å². The smallest absolute Gasteiger partial charge is 0.264 e. The number of hydrogen-bond donors (Lipinski definition) is 2. The Morgan fingerprint density at radius 2 is 1.62 bits per heavy atom. The molecule has 0 bridgehead atoms. The van der Waals surface area contributed by atoms with E-state index in [0.717, 1.165) is 20.4 Å². The Balaban J connectivity index is 1.46. The molecule has 3 aromatic carbocycles. The van der Waals surface area contributed by atoms with Crippen molar-refractivity contribution in [2.24, 2.45) is 0 Å². The van der Waals surface area contributed by atoms with Crippen LogP contribution in [0.5, 0.6) is 17.2 Å². The second kappa shape index (κ2) is 10.4. The van der Waals surface area contributed by atoms with Gasteiger partial charge in [0.15, 0.2) is 11.7 Å². The van der Waals surface area contributed by atoms with Crippen molar-refractivity contribution in [2.75, 3.05) is 11.9 Å². The molecule has 0 atom stereocenters. The van der Waals surface area contributed by atoms with Crippen LogP contribution in [-0.2, 0) is 4.79 Å². The summed E-state index contributed by atoms with van der Waals surface area (Å²) < 4.78 is 12.9. The quantitative estimate of drug-likeness (QED) is 0.385. The summed E-state index contributed by atoms with van der Waals surface area (Å²) in [5.41, 5.74) is 0.729. The minimum absolute atomic E-state index is 0.161. The molecule has 0 unspecified atom stereocenters. The van der Waals surface area contributed by atoms with Gasteiger partial charge in [-0.1, -0.05) is 34.1 Å². The lowest BCUT2D eigenvalue weighted by Gasteiger charge is -2.12. The molecular weight excluding hydrogens is 520 g/mol. The fourth-order valence-electron chi connectivity index (χ4n) is 2.29. The van der Waals surface area contributed by atoms with Crippen LogP contribution in [0.2, 0.25) is 0 Å². The minimum atomic E-state index is -0.360. The van der Waals surface area contributed by atoms with Gasteiger partial charge >= 0.3 is 0 Å². The molecule has 5 nitrogen and oxygen atoms in total. The SMILES string of the molecule is O=C(COc1ccc(Br)cc1Br)NC(=S)Nc1ccc(Oc2ccccc2)cc1. The van der Waals surface area contributed by atoms with Gasteiger partial charge in [-0.2, -0.15) is 0 Å². The number of carbonyl (C=O) groups excluding carboxylic acids is 1. The zero-order valence-corrected chi connectivity index (χ0v) is 19.0. The number of hydrogen-bond acceptors (Lipinski definition) is 4. The predicted octanol–water partition coefficient (Wildman–Crippen LogP) is 5.90. The lowest BCUT2D eigenvalue weighted by molar-refractivity contribution is -0.121. The summed E-state index contributed by atoms with van der Waals surface area (Å²) in [4.78, 5) is 12.0. The largest absolute Gasteiger partial charge is 0.483 e. The third-order valence-electron chi connectivity index (χ3n) is 3.60. The van der Waals surface area contributed by atoms with E-state index in [0.29, 0.717) is 11.5 Å². The van der Waals surface area contributed by atoms with Gasteiger partial charge in [0, 0.05) is 10.2 Å². The van der Waals surface area contributed by atoms with Crippen LogP contribution in [-0.4, -0.2) is 17.6 Å². The van der Waals surface area contributed by atoms with Crippen LogP contribution < -0.4 is 20.1 Å². The van der Waals surface area contributed by atoms with E-state index in [1.807, 2.05) is 66.7 Å². The normalized spacial score (nSPS) is 10.1. The van der Waals surface area contributed by atoms with Gasteiger partial charge in [0.2, 0.25) is 0 Å². The molecule has 0 spiro atoms. The molecular formula is C21H16Br2N2O3S. The maximum absolute atomic E-state index is 12.0. The summed E-state index contributed by atoms with van der Waals surface area (Å²) in [6.07, 6.45) is 0. The molecule has 0 radical (unpaired) electrons. The highest BCUT2D eigenvalue weighted by molar-refractivity contribution is 9.11. The van der Waals surface area contributed by atoms with E-state index in [9.17, 15) is 4.79 Å². The molecule has 0 fully saturated rings. The second-order valence-corrected chi connectivity index (χ2v) is 7.98. The van der Waals surface area contributed by atoms with Crippen molar-refractivity contribution in [1.29, 1.82) is 0 Å². The number of ether oxygens (including phenoxy) is 2. The van der Waals surface area contributed by atoms with E-state index in [4.69, 9.17) is 21.7 Å². The number of anilines is 1. The Morgan fingerprint density at radius 3 is 2.31 bits per heavy atom. The van der Waals surface area contributed by atoms with Crippen molar-refractivity contribution in [2.45, 2.75) is 0 Å². The van der Waals surface area contributed by atoms with Crippen LogP contribution in [0.25, 0.3) is 0 Å². The van der Waals surface area contributed by atoms with Gasteiger partial charge in [0.1, 0.15) is 17.2 Å². The van der Waals surface area contributed by atoms with Crippen molar-refractivity contribution in [1.82, 2.24) is 5.32 Å². The first-order valence-electron chi connectivity index (χ1n) is 8.51. The maximum atomic E-state index is 12.0. The molecule has 0 heterocycles. The number of halogens is 2. The maximum Gasteiger partial charge on any atom is 0.264 e. The number of para-hydroxylation sites is 1. The van der Waals surface area contributed by atoms with E-state index in [1.165, 1.54) is 0 Å². The molecule has 0 aromatic heterocycles. The fraction of sp³-hybridized carbons (Fsp3) is 0.0476. The molecule has 29 heavy (non-hydrogen) atoms. The number of thiocarbonyl (C=S) groups is 1. The van der Waals surface area contributed by atoms with Crippen LogP contribution in [0.1, 0.15) is 0 Å². The summed E-state index contributed by atoms with van der Waals surface area (Å²) in [5.74, 6) is 1.66. The molecule has 3 aromatic rings. The summed E-state index contributed by atoms with van der Waals surface area (Å²) in [6, 6.07) is 22.2. The van der Waals surface area contributed by atoms with Crippen molar-refractivity contribution >= 4 is 60.8 Å². The average Bonchev–Trinajstić information content (AvgIpc) is 2.69. The number of nitrogens with one attached hydrogen (secondary N) is 2. The van der Waals surface area contributed by atoms with E-state index < -0.39 is 0 Å². The highest BCUT2D eigenvalue weighted by atomic mass is 79.9. The monoisotopic (exact) mass is 534 g/mol. The molecule has 148 valence electrons. The standard InChI is InChI=1S/C21H16Br2N2O3S/c22-14-6-11-19(18(23)12-14)27-13-20(26)25-21(29)24-15-7-9-17(10-8-15)28-16-4-2-1-3-5-16/h1-12H,13H2,(H2,24,25,26,29). The first-order chi connectivity index (χ1) is 14.0. The van der Waals surface area contributed by atoms with Crippen LogP contribution >= 0.6 is 44.1 Å². The van der Waals surface area contributed by atoms with Crippen LogP contribution in [0.15, 0.2) is 81.7 Å². The Bertz CT molecular complexity index is 999. The predicted molar refractivity (Wildman–Crippen MR) is 125 cm³/mol. The molecule has 1 amide bonds. The molecule has 0 aliphatic heterocycles. The van der Waals surface area contributed by atoms with E-state index in [-0.39, 0.29) is 17.6 Å². The first-order valence-corrected chi connectivity index (χ1v) is 10.5. The van der Waals surface area contributed by atoms with Crippen molar-refractivity contribution in [3.8, 4) is 17.2 Å². The van der Waals surface area contributed by atoms with Crippen molar-refractivity contribution in [3.05, 3.63) is 81.7 Å². The van der Waals surface area contributed by atoms with Gasteiger partial charge in [0.05, 0.1) is 4.47 Å². The van der Waals surface area contributed by atoms with Gasteiger partial charge in [-0.25, -0.2) is 0 Å². The van der Waals surface area contributed by atoms with Gasteiger partial charge < -0.3 is 14.8 Å². The second-order valence-electron chi connectivity index (χ2n) is 5.81. The highest BCUT2D eigenvalue weighted by Gasteiger charge is 2.08. The molecule has 0 aliphatic rings. The summed E-state index contributed by atoms with van der Waals surface area (Å²) in [7, 11) is 0. The van der Waals surface area contributed by atoms with Crippen LogP contribution in [0.3, 0.4) is 0 Å². The van der Waals surface area contributed by atoms with Gasteiger partial charge in [-0.3, -0.25) is 10.1 Å². The van der Waals surface area contributed by atoms with Gasteiger partial charge in [0.25, 0.3) is 5.91 Å². The molecule has 8 heteroatoms. The average molecular weight is 536 g/mol. The van der Waals surface area contributed by atoms with E-state index in [2.05, 4.69) is 42.5 Å². The summed E-state index contributed by atoms with van der Waals surface area (Å²) in [6.45, 7) is -0.161. The summed E-state index contributed by atoms with van der Waals surface area (Å²) >= 11 is 11.9. The Labute approximate surface area is 190 Å². The summed E-state index contributed by atoms with van der Waals surface area (Å²) in [5, 5.41) is 5.72. The molecule has 2 N–H and O–H groups in total. The number of amides is 1. The van der Waals surface area contributed by atoms with Gasteiger partial charge in [-0.05, 0) is 82.7 Å². The van der Waals surface area contributed by atoms with Crippen molar-refractivity contribution < 1.29 is 14.3 Å². The number of rotatable bonds is 6. The number of benzene rings is 3. The third-order valence-corrected chi connectivity index (χ3v) is 4.91. The zero-order valence-electron chi connectivity index (χ0n) is 15.0. The lowest BCUT2D eigenvalue weighted by atomic mass is 10.3. The Kier molecular flexibility index (Phi) is 7.62. The number of carbonyl (C=O) groups is 1. The molecule has 3 rings (SSSR count). The topological polar surface area (TPSA) is 59.6 Å². The fourth-order valence-corrected chi connectivity index (χ4v) is 3.68. The third kappa shape index (κ3) is 6.85. The Hall–Kier alpha value is -2.42. The zero-order chi connectivity index (χ0) is 20.6. The van der Waals surface area contributed by atoms with E-state index >= 15 is 0 Å². The highest BCUT2D eigenvalue weighted by Crippen LogP contribution is 2.28. The van der Waals surface area contributed by atoms with E-state index in [1.54, 1.807) is 6.07 Å². The lowest BCUT2D eigenvalue weighted by Crippen LogP contribution is -2.37.